The lowest BCUT2D eigenvalue weighted by molar-refractivity contribution is -0.710. The summed E-state index contributed by atoms with van der Waals surface area (Å²) < 4.78 is 27.1. The number of nitrogens with one attached hydrogen (secondary N) is 1. The average Bonchev–Trinajstić information content (AvgIpc) is 2.69. The van der Waals surface area contributed by atoms with Crippen molar-refractivity contribution in [2.45, 2.75) is 25.9 Å². The van der Waals surface area contributed by atoms with Crippen molar-refractivity contribution in [3.63, 3.8) is 0 Å². The molecule has 0 unspecified atom stereocenters. The Morgan fingerprint density at radius 3 is 2.32 bits per heavy atom. The minimum Gasteiger partial charge on any atom is -0.330 e. The van der Waals surface area contributed by atoms with Crippen LogP contribution in [0.1, 0.15) is 25.5 Å². The lowest BCUT2D eigenvalue weighted by Gasteiger charge is -2.18. The fourth-order valence-electron chi connectivity index (χ4n) is 3.20. The van der Waals surface area contributed by atoms with E-state index in [0.717, 1.165) is 22.9 Å². The number of rotatable bonds is 6. The molecule has 0 fully saturated rings. The zero-order valence-electron chi connectivity index (χ0n) is 15.8. The first kappa shape index (κ1) is 19.7. The number of hydrogen-bond acceptors (Lipinski definition) is 1. The molecular formula is C23H23F2N2O+. The van der Waals surface area contributed by atoms with Crippen molar-refractivity contribution in [3.8, 4) is 11.1 Å². The van der Waals surface area contributed by atoms with Crippen LogP contribution in [0.15, 0.2) is 72.8 Å². The second-order valence-corrected chi connectivity index (χ2v) is 6.84. The van der Waals surface area contributed by atoms with E-state index in [-0.39, 0.29) is 11.9 Å². The minimum absolute atomic E-state index is 0.183. The van der Waals surface area contributed by atoms with Crippen LogP contribution in [0.3, 0.4) is 0 Å². The van der Waals surface area contributed by atoms with Gasteiger partial charge in [0.15, 0.2) is 6.04 Å². The third kappa shape index (κ3) is 4.61. The number of anilines is 1. The van der Waals surface area contributed by atoms with Crippen LogP contribution in [-0.4, -0.2) is 11.9 Å². The van der Waals surface area contributed by atoms with E-state index in [9.17, 15) is 13.6 Å². The number of quaternary nitrogens is 1. The molecule has 1 amide bonds. The Morgan fingerprint density at radius 2 is 1.61 bits per heavy atom. The van der Waals surface area contributed by atoms with Crippen molar-refractivity contribution in [2.75, 3.05) is 5.32 Å². The van der Waals surface area contributed by atoms with E-state index in [2.05, 4.69) is 5.32 Å². The summed E-state index contributed by atoms with van der Waals surface area (Å²) in [7, 11) is 0. The van der Waals surface area contributed by atoms with E-state index in [0.29, 0.717) is 5.56 Å². The van der Waals surface area contributed by atoms with Gasteiger partial charge in [0.05, 0.1) is 0 Å². The van der Waals surface area contributed by atoms with Crippen LogP contribution in [0.2, 0.25) is 0 Å². The van der Waals surface area contributed by atoms with Gasteiger partial charge in [-0.15, -0.1) is 0 Å². The largest absolute Gasteiger partial charge is 0.330 e. The van der Waals surface area contributed by atoms with Crippen LogP contribution in [0.4, 0.5) is 14.5 Å². The molecule has 0 bridgehead atoms. The van der Waals surface area contributed by atoms with Crippen molar-refractivity contribution in [3.05, 3.63) is 90.0 Å². The quantitative estimate of drug-likeness (QED) is 0.658. The third-order valence-electron chi connectivity index (χ3n) is 4.71. The van der Waals surface area contributed by atoms with Gasteiger partial charge in [0.1, 0.15) is 17.7 Å². The molecule has 3 N–H and O–H groups in total. The Bertz CT molecular complexity index is 960. The van der Waals surface area contributed by atoms with Gasteiger partial charge >= 0.3 is 0 Å². The number of benzene rings is 3. The zero-order valence-corrected chi connectivity index (χ0v) is 15.8. The van der Waals surface area contributed by atoms with Crippen LogP contribution in [0.5, 0.6) is 0 Å². The molecule has 0 heterocycles. The van der Waals surface area contributed by atoms with Crippen molar-refractivity contribution >= 4 is 11.6 Å². The molecule has 0 aliphatic heterocycles. The van der Waals surface area contributed by atoms with Crippen LogP contribution < -0.4 is 10.6 Å². The van der Waals surface area contributed by atoms with Crippen molar-refractivity contribution in [1.29, 1.82) is 0 Å². The first-order valence-electron chi connectivity index (χ1n) is 9.21. The van der Waals surface area contributed by atoms with Gasteiger partial charge in [0.25, 0.3) is 5.91 Å². The molecule has 0 spiro atoms. The maximum Gasteiger partial charge on any atom is 0.282 e. The van der Waals surface area contributed by atoms with Gasteiger partial charge in [-0.1, -0.05) is 48.5 Å². The summed E-state index contributed by atoms with van der Waals surface area (Å²) in [6.45, 7) is 3.55. The Labute approximate surface area is 163 Å². The summed E-state index contributed by atoms with van der Waals surface area (Å²) in [5.41, 5.74) is 3.03. The highest BCUT2D eigenvalue weighted by Gasteiger charge is 2.23. The summed E-state index contributed by atoms with van der Waals surface area (Å²) in [5.74, 6) is -1.40. The molecule has 3 rings (SSSR count). The SMILES string of the molecule is C[C@H]([NH2+][C@H](C)C(=O)Nc1ccccc1-c1ccccc1)c1ccc(F)cc1F. The summed E-state index contributed by atoms with van der Waals surface area (Å²) >= 11 is 0. The third-order valence-corrected chi connectivity index (χ3v) is 4.71. The average molecular weight is 381 g/mol. The monoisotopic (exact) mass is 381 g/mol. The van der Waals surface area contributed by atoms with Gasteiger partial charge in [-0.3, -0.25) is 4.79 Å². The van der Waals surface area contributed by atoms with Gasteiger partial charge in [0, 0.05) is 22.9 Å². The smallest absolute Gasteiger partial charge is 0.282 e. The van der Waals surface area contributed by atoms with Gasteiger partial charge < -0.3 is 10.6 Å². The van der Waals surface area contributed by atoms with E-state index in [1.165, 1.54) is 12.1 Å². The highest BCUT2D eigenvalue weighted by atomic mass is 19.1. The predicted molar refractivity (Wildman–Crippen MR) is 107 cm³/mol. The maximum absolute atomic E-state index is 14.0. The first-order valence-corrected chi connectivity index (χ1v) is 9.21. The van der Waals surface area contributed by atoms with E-state index < -0.39 is 17.7 Å². The van der Waals surface area contributed by atoms with Gasteiger partial charge in [-0.25, -0.2) is 8.78 Å². The number of para-hydroxylation sites is 1. The van der Waals surface area contributed by atoms with Crippen LogP contribution in [0, 0.1) is 11.6 Å². The molecule has 3 nitrogen and oxygen atoms in total. The normalized spacial score (nSPS) is 13.0. The van der Waals surface area contributed by atoms with Crippen LogP contribution in [0.25, 0.3) is 11.1 Å². The molecule has 0 aromatic heterocycles. The zero-order chi connectivity index (χ0) is 20.1. The summed E-state index contributed by atoms with van der Waals surface area (Å²) in [5, 5.41) is 4.73. The van der Waals surface area contributed by atoms with E-state index in [1.807, 2.05) is 54.6 Å². The molecule has 3 aromatic rings. The lowest BCUT2D eigenvalue weighted by Crippen LogP contribution is -2.91. The standard InChI is InChI=1S/C23H22F2N2O/c1-15(19-13-12-18(24)14-21(19)25)26-16(2)23(28)27-22-11-7-6-10-20(22)17-8-4-3-5-9-17/h3-16,26H,1-2H3,(H,27,28)/p+1/t15-,16+/m0/s1. The molecule has 5 heteroatoms. The molecule has 144 valence electrons. The van der Waals surface area contributed by atoms with E-state index >= 15 is 0 Å². The highest BCUT2D eigenvalue weighted by molar-refractivity contribution is 5.97. The molecule has 0 saturated carbocycles. The van der Waals surface area contributed by atoms with Gasteiger partial charge in [-0.2, -0.15) is 0 Å². The molecule has 0 aliphatic rings. The van der Waals surface area contributed by atoms with E-state index in [4.69, 9.17) is 0 Å². The number of hydrogen-bond donors (Lipinski definition) is 2. The lowest BCUT2D eigenvalue weighted by atomic mass is 10.0. The highest BCUT2D eigenvalue weighted by Crippen LogP contribution is 2.27. The summed E-state index contributed by atoms with van der Waals surface area (Å²) in [6.07, 6.45) is 0. The predicted octanol–water partition coefficient (Wildman–Crippen LogP) is 4.28. The van der Waals surface area contributed by atoms with E-state index in [1.54, 1.807) is 19.2 Å². The fraction of sp³-hybridized carbons (Fsp3) is 0.174. The Kier molecular flexibility index (Phi) is 6.16. The Hall–Kier alpha value is -3.05. The van der Waals surface area contributed by atoms with Gasteiger partial charge in [-0.05, 0) is 37.6 Å². The fourth-order valence-corrected chi connectivity index (χ4v) is 3.20. The number of amides is 1. The molecule has 0 saturated heterocycles. The Morgan fingerprint density at radius 1 is 0.929 bits per heavy atom. The minimum atomic E-state index is -0.614. The van der Waals surface area contributed by atoms with Crippen molar-refractivity contribution in [1.82, 2.24) is 0 Å². The second-order valence-electron chi connectivity index (χ2n) is 6.84. The number of carbonyl (C=O) groups excluding carboxylic acids is 1. The topological polar surface area (TPSA) is 45.7 Å². The number of nitrogens with two attached hydrogens (primary N) is 1. The van der Waals surface area contributed by atoms with Crippen molar-refractivity contribution in [2.24, 2.45) is 0 Å². The van der Waals surface area contributed by atoms with Crippen LogP contribution >= 0.6 is 0 Å². The molecule has 28 heavy (non-hydrogen) atoms. The first-order chi connectivity index (χ1) is 13.5. The summed E-state index contributed by atoms with van der Waals surface area (Å²) in [6, 6.07) is 20.1. The van der Waals surface area contributed by atoms with Crippen molar-refractivity contribution < 1.29 is 18.9 Å². The molecule has 0 radical (unpaired) electrons. The maximum atomic E-state index is 14.0. The second kappa shape index (κ2) is 8.76. The molecular weight excluding hydrogens is 358 g/mol. The molecule has 2 atom stereocenters. The van der Waals surface area contributed by atoms with Crippen LogP contribution in [-0.2, 0) is 4.79 Å². The molecule has 3 aromatic carbocycles. The Balaban J connectivity index is 1.71. The number of halogens is 2. The van der Waals surface area contributed by atoms with Gasteiger partial charge in [0.2, 0.25) is 0 Å². The summed E-state index contributed by atoms with van der Waals surface area (Å²) in [4.78, 5) is 12.7. The number of carbonyl (C=O) groups is 1. The molecule has 0 aliphatic carbocycles.